The molecule has 0 amide bonds. The van der Waals surface area contributed by atoms with Crippen LogP contribution < -0.4 is 0 Å². The summed E-state index contributed by atoms with van der Waals surface area (Å²) in [5.41, 5.74) is 2.71. The Bertz CT molecular complexity index is 818. The third kappa shape index (κ3) is 9.57. The Morgan fingerprint density at radius 1 is 1.00 bits per heavy atom. The highest BCUT2D eigenvalue weighted by Gasteiger charge is 2.32. The molecule has 0 aromatic rings. The Morgan fingerprint density at radius 3 is 2.57 bits per heavy atom. The maximum atomic E-state index is 13.0. The molecule has 3 rings (SSSR count). The van der Waals surface area contributed by atoms with Crippen LogP contribution in [0.5, 0.6) is 0 Å². The van der Waals surface area contributed by atoms with Crippen LogP contribution in [-0.4, -0.2) is 36.5 Å². The van der Waals surface area contributed by atoms with E-state index < -0.39 is 0 Å². The van der Waals surface area contributed by atoms with Crippen LogP contribution in [0.3, 0.4) is 0 Å². The molecular weight excluding hydrogens is 436 g/mol. The number of rotatable bonds is 4. The van der Waals surface area contributed by atoms with Gasteiger partial charge in [-0.2, -0.15) is 0 Å². The molecule has 4 bridgehead atoms. The van der Waals surface area contributed by atoms with Gasteiger partial charge in [0.25, 0.3) is 0 Å². The fourth-order valence-corrected chi connectivity index (χ4v) is 5.18. The molecule has 0 spiro atoms. The van der Waals surface area contributed by atoms with Gasteiger partial charge in [-0.3, -0.25) is 4.79 Å². The Morgan fingerprint density at radius 2 is 1.77 bits per heavy atom. The van der Waals surface area contributed by atoms with E-state index >= 15 is 0 Å². The standard InChI is InChI=1S/C31H46O4/c1-5-23(3)13-8-7-9-18-30-24(4)14-10-11-15-26-16-12-17-27(33-26)21-28-19-25(6-2)20-29(34-28)22-31(32)35-30/h6-10,13-14,18,24,26-30H,5,11-12,15-17,19-22H2,1-4H3/b8-7-,14-10-,18-9+,23-13+,25-6-. The number of fused-ring (bicyclic) bond motifs is 4. The van der Waals surface area contributed by atoms with Crippen LogP contribution in [0.4, 0.5) is 0 Å². The van der Waals surface area contributed by atoms with E-state index in [1.807, 2.05) is 24.3 Å². The molecule has 2 saturated heterocycles. The molecule has 0 aliphatic carbocycles. The van der Waals surface area contributed by atoms with E-state index in [4.69, 9.17) is 14.2 Å². The van der Waals surface area contributed by atoms with E-state index in [-0.39, 0.29) is 42.7 Å². The maximum Gasteiger partial charge on any atom is 0.309 e. The molecule has 194 valence electrons. The van der Waals surface area contributed by atoms with Crippen LogP contribution in [0.2, 0.25) is 0 Å². The lowest BCUT2D eigenvalue weighted by atomic mass is 9.91. The molecule has 0 aromatic carbocycles. The van der Waals surface area contributed by atoms with Gasteiger partial charge in [-0.1, -0.05) is 67.5 Å². The molecular formula is C31H46O4. The number of hydrogen-bond acceptors (Lipinski definition) is 4. The normalized spacial score (nSPS) is 35.9. The molecule has 0 radical (unpaired) electrons. The van der Waals surface area contributed by atoms with Gasteiger partial charge >= 0.3 is 5.97 Å². The monoisotopic (exact) mass is 482 g/mol. The van der Waals surface area contributed by atoms with Crippen molar-refractivity contribution < 1.29 is 19.0 Å². The molecule has 35 heavy (non-hydrogen) atoms. The van der Waals surface area contributed by atoms with Crippen molar-refractivity contribution in [2.75, 3.05) is 0 Å². The van der Waals surface area contributed by atoms with Crippen molar-refractivity contribution in [2.24, 2.45) is 5.92 Å². The summed E-state index contributed by atoms with van der Waals surface area (Å²) in [6.45, 7) is 8.48. The molecule has 6 unspecified atom stereocenters. The summed E-state index contributed by atoms with van der Waals surface area (Å²) in [6.07, 6.45) is 26.5. The second kappa shape index (κ2) is 14.6. The smallest absolute Gasteiger partial charge is 0.309 e. The van der Waals surface area contributed by atoms with E-state index in [0.717, 1.165) is 51.4 Å². The first-order valence-electron chi connectivity index (χ1n) is 13.8. The van der Waals surface area contributed by atoms with Crippen LogP contribution >= 0.6 is 0 Å². The number of esters is 1. The molecule has 3 heterocycles. The SMILES string of the molecule is C/C=C1\CC2CC(=O)OC(/C=C/C=C\C=C(/C)CC)C(C)/C=C\CCC3CCCC(CC(C1)O2)O3. The summed E-state index contributed by atoms with van der Waals surface area (Å²) >= 11 is 0. The Hall–Kier alpha value is -1.91. The van der Waals surface area contributed by atoms with Crippen molar-refractivity contribution in [1.82, 2.24) is 0 Å². The fourth-order valence-electron chi connectivity index (χ4n) is 5.18. The molecule has 2 fully saturated rings. The van der Waals surface area contributed by atoms with Crippen molar-refractivity contribution in [3.8, 4) is 0 Å². The molecule has 6 atom stereocenters. The third-order valence-corrected chi connectivity index (χ3v) is 7.47. The number of hydrogen-bond donors (Lipinski definition) is 0. The minimum absolute atomic E-state index is 0.0931. The minimum atomic E-state index is -0.302. The number of cyclic esters (lactones) is 1. The largest absolute Gasteiger partial charge is 0.457 e. The first-order chi connectivity index (χ1) is 17.0. The third-order valence-electron chi connectivity index (χ3n) is 7.47. The molecule has 0 N–H and O–H groups in total. The summed E-state index contributed by atoms with van der Waals surface area (Å²) in [6, 6.07) is 0. The fraction of sp³-hybridized carbons (Fsp3) is 0.645. The van der Waals surface area contributed by atoms with Crippen molar-refractivity contribution in [1.29, 1.82) is 0 Å². The van der Waals surface area contributed by atoms with Gasteiger partial charge in [0.15, 0.2) is 0 Å². The van der Waals surface area contributed by atoms with E-state index in [9.17, 15) is 4.79 Å². The lowest BCUT2D eigenvalue weighted by molar-refractivity contribution is -0.154. The second-order valence-corrected chi connectivity index (χ2v) is 10.4. The Labute approximate surface area is 213 Å². The summed E-state index contributed by atoms with van der Waals surface area (Å²) in [7, 11) is 0. The number of allylic oxidation sites excluding steroid dienone is 7. The molecule has 0 saturated carbocycles. The van der Waals surface area contributed by atoms with E-state index in [2.05, 4.69) is 52.0 Å². The minimum Gasteiger partial charge on any atom is -0.457 e. The molecule has 4 heteroatoms. The van der Waals surface area contributed by atoms with E-state index in [0.29, 0.717) is 6.10 Å². The van der Waals surface area contributed by atoms with Crippen molar-refractivity contribution in [2.45, 2.75) is 122 Å². The predicted octanol–water partition coefficient (Wildman–Crippen LogP) is 7.56. The van der Waals surface area contributed by atoms with Gasteiger partial charge in [-0.05, 0) is 71.3 Å². The van der Waals surface area contributed by atoms with Gasteiger partial charge in [0.2, 0.25) is 0 Å². The van der Waals surface area contributed by atoms with Crippen molar-refractivity contribution in [3.05, 3.63) is 59.8 Å². The zero-order valence-electron chi connectivity index (χ0n) is 22.3. The first-order valence-corrected chi connectivity index (χ1v) is 13.8. The Balaban J connectivity index is 1.75. The average Bonchev–Trinajstić information content (AvgIpc) is 2.84. The summed E-state index contributed by atoms with van der Waals surface area (Å²) < 4.78 is 18.9. The highest BCUT2D eigenvalue weighted by molar-refractivity contribution is 5.70. The molecule has 3 aliphatic rings. The number of carbonyl (C=O) groups is 1. The maximum absolute atomic E-state index is 13.0. The Kier molecular flexibility index (Phi) is 11.5. The lowest BCUT2D eigenvalue weighted by Gasteiger charge is -2.36. The van der Waals surface area contributed by atoms with Crippen molar-refractivity contribution >= 4 is 5.97 Å². The van der Waals surface area contributed by atoms with Crippen LogP contribution in [0.25, 0.3) is 0 Å². The summed E-state index contributed by atoms with van der Waals surface area (Å²) in [5.74, 6) is -0.0941. The molecule has 4 nitrogen and oxygen atoms in total. The molecule has 3 aliphatic heterocycles. The quantitative estimate of drug-likeness (QED) is 0.235. The lowest BCUT2D eigenvalue weighted by Crippen LogP contribution is -2.37. The predicted molar refractivity (Wildman–Crippen MR) is 143 cm³/mol. The number of ether oxygens (including phenoxy) is 3. The van der Waals surface area contributed by atoms with Crippen LogP contribution in [0, 0.1) is 5.92 Å². The van der Waals surface area contributed by atoms with Crippen LogP contribution in [-0.2, 0) is 19.0 Å². The van der Waals surface area contributed by atoms with Crippen molar-refractivity contribution in [3.63, 3.8) is 0 Å². The van der Waals surface area contributed by atoms with Gasteiger partial charge in [0.05, 0.1) is 30.8 Å². The van der Waals surface area contributed by atoms with Gasteiger partial charge in [0.1, 0.15) is 6.10 Å². The highest BCUT2D eigenvalue weighted by Crippen LogP contribution is 2.33. The van der Waals surface area contributed by atoms with E-state index in [1.165, 1.54) is 17.6 Å². The molecule has 0 aromatic heterocycles. The van der Waals surface area contributed by atoms with Gasteiger partial charge < -0.3 is 14.2 Å². The van der Waals surface area contributed by atoms with Crippen LogP contribution in [0.1, 0.15) is 91.9 Å². The number of carbonyl (C=O) groups excluding carboxylic acids is 1. The van der Waals surface area contributed by atoms with Gasteiger partial charge in [-0.25, -0.2) is 0 Å². The second-order valence-electron chi connectivity index (χ2n) is 10.4. The average molecular weight is 483 g/mol. The van der Waals surface area contributed by atoms with Crippen LogP contribution in [0.15, 0.2) is 59.8 Å². The topological polar surface area (TPSA) is 44.8 Å². The zero-order chi connectivity index (χ0) is 25.0. The summed E-state index contributed by atoms with van der Waals surface area (Å²) in [5, 5.41) is 0. The summed E-state index contributed by atoms with van der Waals surface area (Å²) in [4.78, 5) is 13.0. The van der Waals surface area contributed by atoms with E-state index in [1.54, 1.807) is 0 Å². The van der Waals surface area contributed by atoms with Gasteiger partial charge in [-0.15, -0.1) is 0 Å². The zero-order valence-corrected chi connectivity index (χ0v) is 22.3. The highest BCUT2D eigenvalue weighted by atomic mass is 16.5. The first kappa shape index (κ1) is 27.7. The van der Waals surface area contributed by atoms with Gasteiger partial charge in [0, 0.05) is 12.3 Å².